The van der Waals surface area contributed by atoms with Gasteiger partial charge in [-0.25, -0.2) is 0 Å². The molecule has 4 aromatic carbocycles. The van der Waals surface area contributed by atoms with Crippen molar-refractivity contribution >= 4 is 33.3 Å². The maximum atomic E-state index is 6.65. The van der Waals surface area contributed by atoms with Crippen LogP contribution in [-0.2, 0) is 0 Å². The van der Waals surface area contributed by atoms with Crippen LogP contribution in [0.3, 0.4) is 0 Å². The molecule has 2 aliphatic carbocycles. The van der Waals surface area contributed by atoms with Gasteiger partial charge in [-0.15, -0.1) is 0 Å². The molecule has 0 spiro atoms. The molecule has 0 bridgehead atoms. The van der Waals surface area contributed by atoms with Crippen molar-refractivity contribution in [3.05, 3.63) is 143 Å². The normalized spacial score (nSPS) is 22.6. The van der Waals surface area contributed by atoms with Crippen LogP contribution in [0.1, 0.15) is 54.3 Å². The van der Waals surface area contributed by atoms with E-state index in [0.29, 0.717) is 0 Å². The third-order valence-corrected chi connectivity index (χ3v) is 9.45. The van der Waals surface area contributed by atoms with E-state index in [9.17, 15) is 0 Å². The monoisotopic (exact) mass is 545 g/mol. The van der Waals surface area contributed by atoms with Crippen LogP contribution in [0.15, 0.2) is 132 Å². The van der Waals surface area contributed by atoms with Crippen LogP contribution in [0.4, 0.5) is 0 Å². The number of aromatic nitrogens is 1. The molecule has 1 N–H and O–H groups in total. The standard InChI is InChI=1S/C38H31N3O/c1-2-11-24(12-3-1)37-28-15-4-7-17-31(28)39-38(40-37)30-16-10-20-34-36(30)29-22-21-25(23-35(29)42-34)41-32-18-8-5-13-26(32)27-14-6-9-19-33(27)41/h1-3,5-14,16-20,23,25,29,31H,4,15,21-22H2,(H,39,40). The van der Waals surface area contributed by atoms with Gasteiger partial charge in [0.15, 0.2) is 0 Å². The Morgan fingerprint density at radius 3 is 2.36 bits per heavy atom. The van der Waals surface area contributed by atoms with E-state index in [4.69, 9.17) is 9.73 Å². The van der Waals surface area contributed by atoms with Crippen molar-refractivity contribution in [2.45, 2.75) is 43.7 Å². The highest BCUT2D eigenvalue weighted by Crippen LogP contribution is 2.50. The number of ether oxygens (including phenoxy) is 1. The van der Waals surface area contributed by atoms with Gasteiger partial charge in [0.2, 0.25) is 0 Å². The van der Waals surface area contributed by atoms with Gasteiger partial charge in [0.05, 0.1) is 12.1 Å². The summed E-state index contributed by atoms with van der Waals surface area (Å²) in [6.45, 7) is 0. The molecule has 3 heterocycles. The molecule has 1 aromatic heterocycles. The highest BCUT2D eigenvalue weighted by Gasteiger charge is 2.38. The van der Waals surface area contributed by atoms with E-state index in [1.165, 1.54) is 44.2 Å². The van der Waals surface area contributed by atoms with E-state index in [-0.39, 0.29) is 18.0 Å². The molecule has 42 heavy (non-hydrogen) atoms. The van der Waals surface area contributed by atoms with Gasteiger partial charge in [-0.05, 0) is 61.1 Å². The Morgan fingerprint density at radius 1 is 0.786 bits per heavy atom. The maximum absolute atomic E-state index is 6.65. The second kappa shape index (κ2) is 9.35. The molecule has 9 rings (SSSR count). The number of fused-ring (bicyclic) bond motifs is 7. The first-order valence-electron chi connectivity index (χ1n) is 15.1. The largest absolute Gasteiger partial charge is 0.461 e. The zero-order valence-corrected chi connectivity index (χ0v) is 23.3. The molecule has 2 aliphatic heterocycles. The summed E-state index contributed by atoms with van der Waals surface area (Å²) >= 11 is 0. The van der Waals surface area contributed by atoms with Crippen molar-refractivity contribution in [2.24, 2.45) is 4.99 Å². The van der Waals surface area contributed by atoms with Crippen molar-refractivity contribution in [3.63, 3.8) is 0 Å². The quantitative estimate of drug-likeness (QED) is 0.230. The summed E-state index contributed by atoms with van der Waals surface area (Å²) in [5, 5.41) is 6.42. The number of hydrogen-bond acceptors (Lipinski definition) is 3. The van der Waals surface area contributed by atoms with Crippen LogP contribution < -0.4 is 10.1 Å². The third-order valence-electron chi connectivity index (χ3n) is 9.45. The van der Waals surface area contributed by atoms with Gasteiger partial charge in [-0.1, -0.05) is 91.0 Å². The van der Waals surface area contributed by atoms with Gasteiger partial charge < -0.3 is 14.6 Å². The predicted molar refractivity (Wildman–Crippen MR) is 171 cm³/mol. The van der Waals surface area contributed by atoms with Crippen LogP contribution >= 0.6 is 0 Å². The van der Waals surface area contributed by atoms with E-state index in [0.717, 1.165) is 48.6 Å². The van der Waals surface area contributed by atoms with Crippen LogP contribution in [0.2, 0.25) is 0 Å². The summed E-state index contributed by atoms with van der Waals surface area (Å²) in [5.74, 6) is 3.22. The molecule has 0 fully saturated rings. The minimum Gasteiger partial charge on any atom is -0.461 e. The zero-order valence-electron chi connectivity index (χ0n) is 23.3. The van der Waals surface area contributed by atoms with E-state index in [1.807, 2.05) is 0 Å². The molecule has 4 aliphatic rings. The molecule has 0 saturated heterocycles. The molecule has 5 aromatic rings. The van der Waals surface area contributed by atoms with Gasteiger partial charge in [-0.3, -0.25) is 4.99 Å². The number of nitrogens with one attached hydrogen (secondary N) is 1. The zero-order chi connectivity index (χ0) is 27.6. The van der Waals surface area contributed by atoms with E-state index in [2.05, 4.69) is 125 Å². The Labute approximate surface area is 245 Å². The summed E-state index contributed by atoms with van der Waals surface area (Å²) in [5.41, 5.74) is 8.80. The first-order chi connectivity index (χ1) is 20.8. The number of hydrogen-bond donors (Lipinski definition) is 1. The summed E-state index contributed by atoms with van der Waals surface area (Å²) in [4.78, 5) is 5.27. The van der Waals surface area contributed by atoms with Crippen molar-refractivity contribution in [3.8, 4) is 5.75 Å². The first-order valence-corrected chi connectivity index (χ1v) is 15.1. The molecule has 3 unspecified atom stereocenters. The molecular weight excluding hydrogens is 514 g/mol. The Bertz CT molecular complexity index is 1960. The van der Waals surface area contributed by atoms with Gasteiger partial charge in [0, 0.05) is 44.5 Å². The second-order valence-corrected chi connectivity index (χ2v) is 11.8. The Morgan fingerprint density at radius 2 is 1.55 bits per heavy atom. The smallest absolute Gasteiger partial charge is 0.134 e. The molecule has 0 saturated carbocycles. The van der Waals surface area contributed by atoms with Gasteiger partial charge in [-0.2, -0.15) is 0 Å². The lowest BCUT2D eigenvalue weighted by atomic mass is 9.83. The van der Waals surface area contributed by atoms with Crippen LogP contribution in [0.25, 0.3) is 27.5 Å². The number of allylic oxidation sites excluding steroid dienone is 3. The highest BCUT2D eigenvalue weighted by atomic mass is 16.5. The topological polar surface area (TPSA) is 38.5 Å². The van der Waals surface area contributed by atoms with E-state index >= 15 is 0 Å². The fraction of sp³-hybridized carbons (Fsp3) is 0.184. The Balaban J connectivity index is 1.12. The number of amidine groups is 1. The van der Waals surface area contributed by atoms with Crippen LogP contribution in [0, 0.1) is 0 Å². The Kier molecular flexibility index (Phi) is 5.31. The molecule has 0 amide bonds. The van der Waals surface area contributed by atoms with Crippen molar-refractivity contribution < 1.29 is 4.74 Å². The van der Waals surface area contributed by atoms with Crippen molar-refractivity contribution in [1.29, 1.82) is 0 Å². The number of rotatable bonds is 3. The molecule has 4 nitrogen and oxygen atoms in total. The van der Waals surface area contributed by atoms with Crippen LogP contribution in [-0.4, -0.2) is 16.4 Å². The first kappa shape index (κ1) is 23.8. The molecular formula is C38H31N3O. The predicted octanol–water partition coefficient (Wildman–Crippen LogP) is 8.67. The number of para-hydroxylation sites is 2. The summed E-state index contributed by atoms with van der Waals surface area (Å²) < 4.78 is 9.17. The van der Waals surface area contributed by atoms with Crippen molar-refractivity contribution in [2.75, 3.05) is 0 Å². The summed E-state index contributed by atoms with van der Waals surface area (Å²) in [6, 6.07) is 35.0. The summed E-state index contributed by atoms with van der Waals surface area (Å²) in [6.07, 6.45) is 11.1. The highest BCUT2D eigenvalue weighted by molar-refractivity contribution is 6.08. The van der Waals surface area contributed by atoms with Gasteiger partial charge in [0.25, 0.3) is 0 Å². The second-order valence-electron chi connectivity index (χ2n) is 11.8. The van der Waals surface area contributed by atoms with Crippen molar-refractivity contribution in [1.82, 2.24) is 9.88 Å². The Hall–Kier alpha value is -4.83. The van der Waals surface area contributed by atoms with Crippen LogP contribution in [0.5, 0.6) is 5.75 Å². The van der Waals surface area contributed by atoms with E-state index < -0.39 is 0 Å². The minimum atomic E-state index is 0.0736. The van der Waals surface area contributed by atoms with Gasteiger partial charge >= 0.3 is 0 Å². The average molecular weight is 546 g/mol. The third kappa shape index (κ3) is 3.58. The number of benzene rings is 4. The van der Waals surface area contributed by atoms with Gasteiger partial charge in [0.1, 0.15) is 17.3 Å². The molecule has 0 radical (unpaired) electrons. The minimum absolute atomic E-state index is 0.0736. The molecule has 204 valence electrons. The lowest BCUT2D eigenvalue weighted by molar-refractivity contribution is 0.378. The lowest BCUT2D eigenvalue weighted by Gasteiger charge is -2.30. The SMILES string of the molecule is C1=CC2N=C(c3cccc4c3C3CCC(n5c6ccccc6c6ccccc65)C=C3O4)NC(c3ccccc3)=C2CC1. The van der Waals surface area contributed by atoms with E-state index in [1.54, 1.807) is 0 Å². The summed E-state index contributed by atoms with van der Waals surface area (Å²) in [7, 11) is 0. The number of aliphatic imine (C=N–C) groups is 1. The lowest BCUT2D eigenvalue weighted by Crippen LogP contribution is -2.33. The average Bonchev–Trinajstić information content (AvgIpc) is 3.60. The fourth-order valence-corrected chi connectivity index (χ4v) is 7.59. The maximum Gasteiger partial charge on any atom is 0.134 e. The molecule has 4 heteroatoms. The fourth-order valence-electron chi connectivity index (χ4n) is 7.59. The molecule has 3 atom stereocenters. The number of nitrogens with zero attached hydrogens (tertiary/aromatic N) is 2.